The first-order chi connectivity index (χ1) is 12.6. The minimum absolute atomic E-state index is 0.0424. The van der Waals surface area contributed by atoms with Gasteiger partial charge in [-0.1, -0.05) is 19.1 Å². The third kappa shape index (κ3) is 3.11. The summed E-state index contributed by atoms with van der Waals surface area (Å²) in [6, 6.07) is 7.62. The van der Waals surface area contributed by atoms with Crippen LogP contribution in [0, 0.1) is 5.41 Å². The van der Waals surface area contributed by atoms with Gasteiger partial charge in [-0.15, -0.1) is 0 Å². The molecule has 1 aromatic carbocycles. The summed E-state index contributed by atoms with van der Waals surface area (Å²) < 4.78 is 4.17. The second-order valence-corrected chi connectivity index (χ2v) is 7.36. The number of imidazole rings is 2. The Hall–Kier alpha value is -2.63. The van der Waals surface area contributed by atoms with Crippen LogP contribution in [0.5, 0.6) is 0 Å². The number of para-hydroxylation sites is 2. The van der Waals surface area contributed by atoms with Gasteiger partial charge < -0.3 is 14.5 Å². The Morgan fingerprint density at radius 1 is 1.31 bits per heavy atom. The first kappa shape index (κ1) is 16.8. The van der Waals surface area contributed by atoms with Gasteiger partial charge in [-0.05, 0) is 31.9 Å². The summed E-state index contributed by atoms with van der Waals surface area (Å²) in [5.41, 5.74) is 2.08. The van der Waals surface area contributed by atoms with Crippen LogP contribution in [0.15, 0.2) is 43.0 Å². The van der Waals surface area contributed by atoms with E-state index in [1.54, 1.807) is 6.33 Å². The fourth-order valence-corrected chi connectivity index (χ4v) is 3.56. The van der Waals surface area contributed by atoms with Crippen LogP contribution in [0.3, 0.4) is 0 Å². The molecule has 6 nitrogen and oxygen atoms in total. The molecule has 0 unspecified atom stereocenters. The van der Waals surface area contributed by atoms with Crippen molar-refractivity contribution in [1.29, 1.82) is 0 Å². The van der Waals surface area contributed by atoms with Crippen LogP contribution < -0.4 is 5.32 Å². The van der Waals surface area contributed by atoms with Gasteiger partial charge >= 0.3 is 0 Å². The zero-order chi connectivity index (χ0) is 18.1. The molecule has 1 fully saturated rings. The van der Waals surface area contributed by atoms with Gasteiger partial charge in [-0.25, -0.2) is 9.97 Å². The molecule has 0 saturated heterocycles. The maximum Gasteiger partial charge on any atom is 0.242 e. The monoisotopic (exact) mass is 351 g/mol. The third-order valence-electron chi connectivity index (χ3n) is 5.50. The fourth-order valence-electron chi connectivity index (χ4n) is 3.56. The third-order valence-corrected chi connectivity index (χ3v) is 5.50. The highest BCUT2D eigenvalue weighted by molar-refractivity contribution is 5.83. The van der Waals surface area contributed by atoms with Gasteiger partial charge in [0.2, 0.25) is 5.91 Å². The number of aromatic nitrogens is 4. The van der Waals surface area contributed by atoms with Crippen LogP contribution in [0.2, 0.25) is 0 Å². The van der Waals surface area contributed by atoms with Crippen molar-refractivity contribution in [1.82, 2.24) is 24.4 Å². The average Bonchev–Trinajstić information content (AvgIpc) is 3.08. The van der Waals surface area contributed by atoms with Gasteiger partial charge in [-0.3, -0.25) is 4.79 Å². The van der Waals surface area contributed by atoms with Gasteiger partial charge in [0.1, 0.15) is 11.9 Å². The SMILES string of the molecule is CCc1nccn1CC1(CNC(=O)[C@@H](C)n2cnc3ccccc32)CC1. The standard InChI is InChI=1S/C20H25N5O/c1-3-18-21-10-11-24(18)13-20(8-9-20)12-22-19(26)15(2)25-14-23-16-6-4-5-7-17(16)25/h4-7,10-11,14-15H,3,8-9,12-13H2,1-2H3,(H,22,26)/t15-/m1/s1. The quantitative estimate of drug-likeness (QED) is 0.712. The first-order valence-electron chi connectivity index (χ1n) is 9.31. The zero-order valence-electron chi connectivity index (χ0n) is 15.4. The van der Waals surface area contributed by atoms with Gasteiger partial charge in [0.25, 0.3) is 0 Å². The molecule has 4 rings (SSSR count). The maximum atomic E-state index is 12.7. The smallest absolute Gasteiger partial charge is 0.242 e. The van der Waals surface area contributed by atoms with E-state index in [0.717, 1.165) is 42.7 Å². The van der Waals surface area contributed by atoms with E-state index in [9.17, 15) is 4.79 Å². The molecular weight excluding hydrogens is 326 g/mol. The lowest BCUT2D eigenvalue weighted by molar-refractivity contribution is -0.124. The van der Waals surface area contributed by atoms with Crippen LogP contribution >= 0.6 is 0 Å². The molecule has 1 aliphatic rings. The number of carbonyl (C=O) groups excluding carboxylic acids is 1. The Morgan fingerprint density at radius 3 is 2.88 bits per heavy atom. The number of hydrogen-bond donors (Lipinski definition) is 1. The van der Waals surface area contributed by atoms with E-state index in [1.165, 1.54) is 0 Å². The molecule has 0 bridgehead atoms. The predicted molar refractivity (Wildman–Crippen MR) is 101 cm³/mol. The van der Waals surface area contributed by atoms with Crippen LogP contribution in [-0.4, -0.2) is 31.6 Å². The summed E-state index contributed by atoms with van der Waals surface area (Å²) in [5.74, 6) is 1.15. The number of aryl methyl sites for hydroxylation is 1. The summed E-state index contributed by atoms with van der Waals surface area (Å²) in [7, 11) is 0. The highest BCUT2D eigenvalue weighted by Crippen LogP contribution is 2.46. The van der Waals surface area contributed by atoms with Crippen molar-refractivity contribution in [3.8, 4) is 0 Å². The van der Waals surface area contributed by atoms with E-state index in [1.807, 2.05) is 48.1 Å². The second-order valence-electron chi connectivity index (χ2n) is 7.36. The van der Waals surface area contributed by atoms with E-state index in [2.05, 4.69) is 26.8 Å². The normalized spacial score (nSPS) is 16.5. The van der Waals surface area contributed by atoms with Gasteiger partial charge in [0.15, 0.2) is 0 Å². The Morgan fingerprint density at radius 2 is 2.12 bits per heavy atom. The minimum atomic E-state index is -0.280. The van der Waals surface area contributed by atoms with Gasteiger partial charge in [-0.2, -0.15) is 0 Å². The number of fused-ring (bicyclic) bond motifs is 1. The molecule has 6 heteroatoms. The lowest BCUT2D eigenvalue weighted by Crippen LogP contribution is -2.36. The molecule has 2 heterocycles. The second kappa shape index (κ2) is 6.59. The number of amides is 1. The molecule has 0 radical (unpaired) electrons. The lowest BCUT2D eigenvalue weighted by Gasteiger charge is -2.20. The number of benzene rings is 1. The van der Waals surface area contributed by atoms with Crippen LogP contribution in [-0.2, 0) is 17.8 Å². The number of nitrogens with one attached hydrogen (secondary N) is 1. The summed E-state index contributed by atoms with van der Waals surface area (Å²) in [6.45, 7) is 5.69. The maximum absolute atomic E-state index is 12.7. The van der Waals surface area contributed by atoms with Gasteiger partial charge in [0.05, 0.1) is 17.4 Å². The Kier molecular flexibility index (Phi) is 4.26. The summed E-state index contributed by atoms with van der Waals surface area (Å²) in [5, 5.41) is 3.17. The molecule has 0 spiro atoms. The Labute approximate surface area is 153 Å². The van der Waals surface area contributed by atoms with E-state index in [4.69, 9.17) is 0 Å². The van der Waals surface area contributed by atoms with Crippen molar-refractivity contribution in [2.24, 2.45) is 5.41 Å². The van der Waals surface area contributed by atoms with Crippen molar-refractivity contribution in [2.75, 3.05) is 6.54 Å². The van der Waals surface area contributed by atoms with Crippen molar-refractivity contribution in [3.05, 3.63) is 48.8 Å². The Bertz CT molecular complexity index is 921. The molecule has 3 aromatic rings. The molecule has 1 aliphatic carbocycles. The Balaban J connectivity index is 1.40. The number of hydrogen-bond acceptors (Lipinski definition) is 3. The molecule has 1 saturated carbocycles. The zero-order valence-corrected chi connectivity index (χ0v) is 15.4. The number of rotatable bonds is 7. The van der Waals surface area contributed by atoms with Crippen LogP contribution in [0.4, 0.5) is 0 Å². The topological polar surface area (TPSA) is 64.7 Å². The summed E-state index contributed by atoms with van der Waals surface area (Å²) in [4.78, 5) is 21.5. The molecule has 0 aliphatic heterocycles. The number of nitrogens with zero attached hydrogens (tertiary/aromatic N) is 4. The molecule has 1 N–H and O–H groups in total. The molecule has 26 heavy (non-hydrogen) atoms. The van der Waals surface area contributed by atoms with Crippen molar-refractivity contribution < 1.29 is 4.79 Å². The van der Waals surface area contributed by atoms with E-state index < -0.39 is 0 Å². The highest BCUT2D eigenvalue weighted by Gasteiger charge is 2.43. The number of carbonyl (C=O) groups is 1. The molecule has 2 aromatic heterocycles. The van der Waals surface area contributed by atoms with E-state index in [0.29, 0.717) is 6.54 Å². The van der Waals surface area contributed by atoms with E-state index >= 15 is 0 Å². The summed E-state index contributed by atoms with van der Waals surface area (Å²) >= 11 is 0. The van der Waals surface area contributed by atoms with Crippen molar-refractivity contribution >= 4 is 16.9 Å². The highest BCUT2D eigenvalue weighted by atomic mass is 16.2. The largest absolute Gasteiger partial charge is 0.354 e. The van der Waals surface area contributed by atoms with Crippen LogP contribution in [0.25, 0.3) is 11.0 Å². The van der Waals surface area contributed by atoms with Crippen LogP contribution in [0.1, 0.15) is 38.6 Å². The molecule has 1 atom stereocenters. The lowest BCUT2D eigenvalue weighted by atomic mass is 10.1. The molecular formula is C20H25N5O. The molecule has 136 valence electrons. The first-order valence-corrected chi connectivity index (χ1v) is 9.31. The van der Waals surface area contributed by atoms with Gasteiger partial charge in [0, 0.05) is 37.3 Å². The average molecular weight is 351 g/mol. The predicted octanol–water partition coefficient (Wildman–Crippen LogP) is 2.95. The molecule has 1 amide bonds. The van der Waals surface area contributed by atoms with Crippen molar-refractivity contribution in [3.63, 3.8) is 0 Å². The minimum Gasteiger partial charge on any atom is -0.354 e. The van der Waals surface area contributed by atoms with Crippen molar-refractivity contribution in [2.45, 2.75) is 45.7 Å². The summed E-state index contributed by atoms with van der Waals surface area (Å²) in [6.07, 6.45) is 8.88. The van der Waals surface area contributed by atoms with E-state index in [-0.39, 0.29) is 17.4 Å². The fraction of sp³-hybridized carbons (Fsp3) is 0.450.